The minimum Gasteiger partial charge on any atom is -0.323 e. The van der Waals surface area contributed by atoms with Crippen molar-refractivity contribution < 1.29 is 4.79 Å². The van der Waals surface area contributed by atoms with Crippen molar-refractivity contribution in [3.8, 4) is 5.69 Å². The highest BCUT2D eigenvalue weighted by atomic mass is 35.5. The molecule has 146 valence electrons. The van der Waals surface area contributed by atoms with Crippen LogP contribution < -0.4 is 15.9 Å². The Morgan fingerprint density at radius 3 is 2.83 bits per heavy atom. The number of halogens is 2. The zero-order valence-electron chi connectivity index (χ0n) is 15.0. The van der Waals surface area contributed by atoms with E-state index >= 15 is 0 Å². The minimum absolute atomic E-state index is 0.250. The fourth-order valence-corrected chi connectivity index (χ4v) is 3.87. The maximum absolute atomic E-state index is 13.1. The number of rotatable bonds is 3. The summed E-state index contributed by atoms with van der Waals surface area (Å²) in [6, 6.07) is 12.2. The summed E-state index contributed by atoms with van der Waals surface area (Å²) in [6.07, 6.45) is 0. The molecule has 3 aromatic rings. The normalized spacial score (nSPS) is 14.1. The summed E-state index contributed by atoms with van der Waals surface area (Å²) in [6.45, 7) is 0.964. The third-order valence-electron chi connectivity index (χ3n) is 4.79. The predicted octanol–water partition coefficient (Wildman–Crippen LogP) is 2.56. The van der Waals surface area contributed by atoms with Gasteiger partial charge in [0.15, 0.2) is 0 Å². The van der Waals surface area contributed by atoms with Crippen molar-refractivity contribution in [1.82, 2.24) is 14.3 Å². The number of benzene rings is 2. The van der Waals surface area contributed by atoms with E-state index in [0.717, 1.165) is 16.1 Å². The number of carbonyl (C=O) groups excluding carboxylic acids is 1. The first-order chi connectivity index (χ1) is 14.0. The van der Waals surface area contributed by atoms with Gasteiger partial charge in [-0.25, -0.2) is 14.0 Å². The number of hydrogen-bond acceptors (Lipinski definition) is 5. The number of hydrogen-bond donors (Lipinski definition) is 1. The van der Waals surface area contributed by atoms with Gasteiger partial charge < -0.3 is 5.32 Å². The SMILES string of the molecule is O=C(Cn1nc2n(c1=O)-c1cc(Cl)ccc1C1=NCCN12)Nc1ccccc1Cl. The molecule has 1 N–H and O–H groups in total. The van der Waals surface area contributed by atoms with Crippen LogP contribution in [0.1, 0.15) is 5.56 Å². The molecule has 2 aromatic carbocycles. The zero-order valence-corrected chi connectivity index (χ0v) is 16.5. The molecule has 0 spiro atoms. The van der Waals surface area contributed by atoms with E-state index in [9.17, 15) is 9.59 Å². The molecule has 0 bridgehead atoms. The summed E-state index contributed by atoms with van der Waals surface area (Å²) < 4.78 is 2.60. The lowest BCUT2D eigenvalue weighted by atomic mass is 10.1. The molecule has 1 amide bonds. The van der Waals surface area contributed by atoms with Crippen molar-refractivity contribution in [3.05, 3.63) is 68.6 Å². The Balaban J connectivity index is 1.53. The molecular formula is C19H14Cl2N6O2. The number of aliphatic imine (C=N–C) groups is 1. The molecule has 0 saturated heterocycles. The predicted molar refractivity (Wildman–Crippen MR) is 112 cm³/mol. The van der Waals surface area contributed by atoms with Crippen LogP contribution in [0.5, 0.6) is 0 Å². The fraction of sp³-hybridized carbons (Fsp3) is 0.158. The second-order valence-corrected chi connectivity index (χ2v) is 7.47. The number of fused-ring (bicyclic) bond motifs is 6. The van der Waals surface area contributed by atoms with Crippen LogP contribution in [0.25, 0.3) is 5.69 Å². The van der Waals surface area contributed by atoms with Gasteiger partial charge in [-0.2, -0.15) is 0 Å². The maximum atomic E-state index is 13.1. The van der Waals surface area contributed by atoms with Crippen LogP contribution in [0.4, 0.5) is 11.6 Å². The number of amidine groups is 1. The minimum atomic E-state index is -0.427. The lowest BCUT2D eigenvalue weighted by Gasteiger charge is -2.26. The van der Waals surface area contributed by atoms with E-state index in [1.54, 1.807) is 36.4 Å². The molecule has 2 aliphatic rings. The Morgan fingerprint density at radius 2 is 2.00 bits per heavy atom. The highest BCUT2D eigenvalue weighted by molar-refractivity contribution is 6.33. The topological polar surface area (TPSA) is 84.5 Å². The van der Waals surface area contributed by atoms with E-state index in [1.807, 2.05) is 11.0 Å². The summed E-state index contributed by atoms with van der Waals surface area (Å²) in [5.41, 5.74) is 1.46. The Morgan fingerprint density at radius 1 is 1.17 bits per heavy atom. The van der Waals surface area contributed by atoms with Gasteiger partial charge in [0, 0.05) is 17.1 Å². The van der Waals surface area contributed by atoms with E-state index in [1.165, 1.54) is 4.57 Å². The van der Waals surface area contributed by atoms with Crippen LogP contribution in [-0.4, -0.2) is 39.2 Å². The van der Waals surface area contributed by atoms with Gasteiger partial charge >= 0.3 is 5.69 Å². The van der Waals surface area contributed by atoms with Crippen molar-refractivity contribution in [2.45, 2.75) is 6.54 Å². The summed E-state index contributed by atoms with van der Waals surface area (Å²) in [5.74, 6) is 0.769. The van der Waals surface area contributed by atoms with Gasteiger partial charge in [-0.1, -0.05) is 35.3 Å². The van der Waals surface area contributed by atoms with Crippen molar-refractivity contribution in [3.63, 3.8) is 0 Å². The lowest BCUT2D eigenvalue weighted by Crippen LogP contribution is -2.37. The van der Waals surface area contributed by atoms with E-state index < -0.39 is 11.6 Å². The molecule has 5 rings (SSSR count). The molecule has 0 unspecified atom stereocenters. The molecule has 0 fully saturated rings. The maximum Gasteiger partial charge on any atom is 0.352 e. The number of aromatic nitrogens is 3. The Bertz CT molecular complexity index is 1250. The molecule has 1 aromatic heterocycles. The quantitative estimate of drug-likeness (QED) is 0.694. The highest BCUT2D eigenvalue weighted by Crippen LogP contribution is 2.31. The first-order valence-corrected chi connectivity index (χ1v) is 9.65. The number of amides is 1. The van der Waals surface area contributed by atoms with E-state index in [-0.39, 0.29) is 6.54 Å². The monoisotopic (exact) mass is 428 g/mol. The Kier molecular flexibility index (Phi) is 4.18. The average molecular weight is 429 g/mol. The highest BCUT2D eigenvalue weighted by Gasteiger charge is 2.34. The third kappa shape index (κ3) is 2.92. The zero-order chi connectivity index (χ0) is 20.1. The summed E-state index contributed by atoms with van der Waals surface area (Å²) in [7, 11) is 0. The second-order valence-electron chi connectivity index (χ2n) is 6.62. The molecular weight excluding hydrogens is 415 g/mol. The van der Waals surface area contributed by atoms with E-state index in [2.05, 4.69) is 15.4 Å². The van der Waals surface area contributed by atoms with Crippen molar-refractivity contribution in [2.24, 2.45) is 4.99 Å². The van der Waals surface area contributed by atoms with E-state index in [4.69, 9.17) is 23.2 Å². The molecule has 8 nitrogen and oxygen atoms in total. The first kappa shape index (κ1) is 18.0. The Labute approximate surface area is 175 Å². The fourth-order valence-electron chi connectivity index (χ4n) is 3.52. The number of para-hydroxylation sites is 1. The van der Waals surface area contributed by atoms with Crippen LogP contribution in [-0.2, 0) is 11.3 Å². The molecule has 0 saturated carbocycles. The standard InChI is InChI=1S/C19H14Cl2N6O2/c20-11-5-6-12-15(9-11)27-18(25-8-7-22-17(12)25)24-26(19(27)29)10-16(28)23-14-4-2-1-3-13(14)21/h1-6,9H,7-8,10H2,(H,23,28). The van der Waals surface area contributed by atoms with Gasteiger partial charge in [0.25, 0.3) is 0 Å². The number of nitrogens with one attached hydrogen (secondary N) is 1. The average Bonchev–Trinajstić information content (AvgIpc) is 3.29. The number of anilines is 2. The lowest BCUT2D eigenvalue weighted by molar-refractivity contribution is -0.117. The second kappa shape index (κ2) is 6.75. The molecule has 3 heterocycles. The van der Waals surface area contributed by atoms with Crippen molar-refractivity contribution >= 4 is 46.6 Å². The Hall–Kier alpha value is -3.10. The van der Waals surface area contributed by atoms with Crippen molar-refractivity contribution in [2.75, 3.05) is 23.3 Å². The molecule has 29 heavy (non-hydrogen) atoms. The van der Waals surface area contributed by atoms with E-state index in [0.29, 0.717) is 40.5 Å². The molecule has 0 radical (unpaired) electrons. The van der Waals surface area contributed by atoms with Crippen LogP contribution in [0.2, 0.25) is 10.0 Å². The van der Waals surface area contributed by atoms with Crippen LogP contribution in [0, 0.1) is 0 Å². The number of carbonyl (C=O) groups is 1. The van der Waals surface area contributed by atoms with Gasteiger partial charge in [-0.3, -0.25) is 14.7 Å². The van der Waals surface area contributed by atoms with Gasteiger partial charge in [0.05, 0.1) is 22.9 Å². The summed E-state index contributed by atoms with van der Waals surface area (Å²) in [4.78, 5) is 32.0. The van der Waals surface area contributed by atoms with Gasteiger partial charge in [-0.05, 0) is 30.3 Å². The smallest absolute Gasteiger partial charge is 0.323 e. The molecule has 10 heteroatoms. The van der Waals surface area contributed by atoms with Gasteiger partial charge in [-0.15, -0.1) is 5.10 Å². The third-order valence-corrected chi connectivity index (χ3v) is 5.35. The first-order valence-electron chi connectivity index (χ1n) is 8.89. The molecule has 0 atom stereocenters. The van der Waals surface area contributed by atoms with Crippen LogP contribution in [0.3, 0.4) is 0 Å². The molecule has 0 aliphatic carbocycles. The van der Waals surface area contributed by atoms with Gasteiger partial charge in [0.2, 0.25) is 11.9 Å². The molecule has 2 aliphatic heterocycles. The summed E-state index contributed by atoms with van der Waals surface area (Å²) in [5, 5.41) is 8.02. The van der Waals surface area contributed by atoms with Crippen LogP contribution in [0.15, 0.2) is 52.3 Å². The summed E-state index contributed by atoms with van der Waals surface area (Å²) >= 11 is 12.2. The van der Waals surface area contributed by atoms with Crippen LogP contribution >= 0.6 is 23.2 Å². The van der Waals surface area contributed by atoms with Crippen molar-refractivity contribution in [1.29, 1.82) is 0 Å². The number of nitrogens with zero attached hydrogens (tertiary/aromatic N) is 5. The largest absolute Gasteiger partial charge is 0.352 e. The van der Waals surface area contributed by atoms with Gasteiger partial charge in [0.1, 0.15) is 12.4 Å².